The van der Waals surface area contributed by atoms with Gasteiger partial charge in [0.2, 0.25) is 0 Å². The first-order valence-corrected chi connectivity index (χ1v) is 8.22. The molecule has 0 saturated carbocycles. The summed E-state index contributed by atoms with van der Waals surface area (Å²) in [6.45, 7) is 2.57. The van der Waals surface area contributed by atoms with Crippen LogP contribution >= 0.6 is 23.2 Å². The highest BCUT2D eigenvalue weighted by molar-refractivity contribution is 6.32. The molecule has 5 heteroatoms. The second kappa shape index (κ2) is 8.63. The van der Waals surface area contributed by atoms with E-state index < -0.39 is 0 Å². The summed E-state index contributed by atoms with van der Waals surface area (Å²) >= 11 is 12.2. The van der Waals surface area contributed by atoms with Crippen molar-refractivity contribution in [1.29, 1.82) is 5.26 Å². The van der Waals surface area contributed by atoms with Crippen molar-refractivity contribution >= 4 is 34.9 Å². The number of nitriles is 1. The summed E-state index contributed by atoms with van der Waals surface area (Å²) in [5.74, 6) is 1.05. The van der Waals surface area contributed by atoms with Gasteiger partial charge in [0.15, 0.2) is 11.5 Å². The standard InChI is InChI=1S/C19H17Cl2NO2/c1-3-8-24-19-17(21)10-13(11-18(19)23-2)9-15(12-22)14-4-6-16(20)7-5-14/h4-7,9-11H,3,8H2,1-2H3/b15-9+. The minimum absolute atomic E-state index is 0.447. The molecule has 2 aromatic carbocycles. The zero-order chi connectivity index (χ0) is 17.5. The van der Waals surface area contributed by atoms with Crippen molar-refractivity contribution in [2.75, 3.05) is 13.7 Å². The molecule has 0 aliphatic heterocycles. The van der Waals surface area contributed by atoms with Crippen molar-refractivity contribution in [3.8, 4) is 17.6 Å². The molecule has 124 valence electrons. The summed E-state index contributed by atoms with van der Waals surface area (Å²) in [5, 5.41) is 10.5. The topological polar surface area (TPSA) is 42.2 Å². The molecule has 0 bridgehead atoms. The largest absolute Gasteiger partial charge is 0.493 e. The van der Waals surface area contributed by atoms with Crippen molar-refractivity contribution < 1.29 is 9.47 Å². The molecule has 0 aliphatic rings. The van der Waals surface area contributed by atoms with E-state index in [1.807, 2.05) is 6.92 Å². The second-order valence-electron chi connectivity index (χ2n) is 5.06. The van der Waals surface area contributed by atoms with Gasteiger partial charge in [0.25, 0.3) is 0 Å². The zero-order valence-corrected chi connectivity index (χ0v) is 15.0. The van der Waals surface area contributed by atoms with E-state index in [4.69, 9.17) is 32.7 Å². The Kier molecular flexibility index (Phi) is 6.54. The molecule has 0 spiro atoms. The fraction of sp³-hybridized carbons (Fsp3) is 0.211. The van der Waals surface area contributed by atoms with Crippen LogP contribution in [0, 0.1) is 11.3 Å². The van der Waals surface area contributed by atoms with Crippen LogP contribution in [-0.4, -0.2) is 13.7 Å². The molecule has 24 heavy (non-hydrogen) atoms. The Hall–Kier alpha value is -2.15. The average molecular weight is 362 g/mol. The molecule has 0 heterocycles. The highest BCUT2D eigenvalue weighted by atomic mass is 35.5. The van der Waals surface area contributed by atoms with Crippen LogP contribution < -0.4 is 9.47 Å². The summed E-state index contributed by atoms with van der Waals surface area (Å²) in [5.41, 5.74) is 2.04. The number of methoxy groups -OCH3 is 1. The third kappa shape index (κ3) is 4.44. The van der Waals surface area contributed by atoms with E-state index in [2.05, 4.69) is 6.07 Å². The van der Waals surface area contributed by atoms with Gasteiger partial charge < -0.3 is 9.47 Å². The fourth-order valence-corrected chi connectivity index (χ4v) is 2.54. The van der Waals surface area contributed by atoms with Gasteiger partial charge in [-0.2, -0.15) is 5.26 Å². The Labute approximate surface area is 152 Å². The van der Waals surface area contributed by atoms with E-state index in [0.717, 1.165) is 17.5 Å². The van der Waals surface area contributed by atoms with Crippen LogP contribution in [0.3, 0.4) is 0 Å². The lowest BCUT2D eigenvalue weighted by atomic mass is 10.0. The second-order valence-corrected chi connectivity index (χ2v) is 5.90. The molecule has 2 rings (SSSR count). The first-order valence-electron chi connectivity index (χ1n) is 7.47. The quantitative estimate of drug-likeness (QED) is 0.478. The van der Waals surface area contributed by atoms with Gasteiger partial charge in [-0.3, -0.25) is 0 Å². The Morgan fingerprint density at radius 2 is 1.92 bits per heavy atom. The molecule has 0 aliphatic carbocycles. The van der Waals surface area contributed by atoms with E-state index >= 15 is 0 Å². The number of nitrogens with zero attached hydrogens (tertiary/aromatic N) is 1. The number of allylic oxidation sites excluding steroid dienone is 1. The third-order valence-electron chi connectivity index (χ3n) is 3.29. The van der Waals surface area contributed by atoms with Crippen LogP contribution in [0.1, 0.15) is 24.5 Å². The van der Waals surface area contributed by atoms with Crippen molar-refractivity contribution in [2.24, 2.45) is 0 Å². The molecule has 0 atom stereocenters. The highest BCUT2D eigenvalue weighted by Gasteiger charge is 2.12. The van der Waals surface area contributed by atoms with Crippen molar-refractivity contribution in [2.45, 2.75) is 13.3 Å². The maximum atomic E-state index is 9.44. The Morgan fingerprint density at radius 3 is 2.50 bits per heavy atom. The molecular formula is C19H17Cl2NO2. The molecule has 0 amide bonds. The normalized spacial score (nSPS) is 11.0. The molecule has 0 fully saturated rings. The van der Waals surface area contributed by atoms with Gasteiger partial charge in [-0.1, -0.05) is 42.3 Å². The predicted octanol–water partition coefficient (Wildman–Crippen LogP) is 5.85. The van der Waals surface area contributed by atoms with Crippen LogP contribution in [-0.2, 0) is 0 Å². The average Bonchev–Trinajstić information content (AvgIpc) is 2.59. The van der Waals surface area contributed by atoms with Gasteiger partial charge in [-0.25, -0.2) is 0 Å². The summed E-state index contributed by atoms with van der Waals surface area (Å²) in [6.07, 6.45) is 2.62. The van der Waals surface area contributed by atoms with E-state index in [1.165, 1.54) is 0 Å². The first kappa shape index (κ1) is 18.2. The number of rotatable bonds is 6. The SMILES string of the molecule is CCCOc1c(Cl)cc(/C=C(\C#N)c2ccc(Cl)cc2)cc1OC. The monoisotopic (exact) mass is 361 g/mol. The third-order valence-corrected chi connectivity index (χ3v) is 3.82. The molecular weight excluding hydrogens is 345 g/mol. The maximum absolute atomic E-state index is 9.44. The molecule has 0 radical (unpaired) electrons. The molecule has 0 unspecified atom stereocenters. The number of halogens is 2. The van der Waals surface area contributed by atoms with Crippen molar-refractivity contribution in [3.63, 3.8) is 0 Å². The molecule has 0 aromatic heterocycles. The molecule has 0 saturated heterocycles. The zero-order valence-electron chi connectivity index (χ0n) is 13.5. The molecule has 0 N–H and O–H groups in total. The van der Waals surface area contributed by atoms with Gasteiger partial charge >= 0.3 is 0 Å². The van der Waals surface area contributed by atoms with Crippen LogP contribution in [0.25, 0.3) is 11.6 Å². The summed E-state index contributed by atoms with van der Waals surface area (Å²) in [4.78, 5) is 0. The van der Waals surface area contributed by atoms with Gasteiger partial charge in [-0.15, -0.1) is 0 Å². The van der Waals surface area contributed by atoms with Crippen molar-refractivity contribution in [3.05, 3.63) is 57.6 Å². The number of ether oxygens (including phenoxy) is 2. The van der Waals surface area contributed by atoms with Gasteiger partial charge in [0.1, 0.15) is 0 Å². The fourth-order valence-electron chi connectivity index (χ4n) is 2.14. The van der Waals surface area contributed by atoms with Crippen LogP contribution in [0.2, 0.25) is 10.0 Å². The summed E-state index contributed by atoms with van der Waals surface area (Å²) in [7, 11) is 1.56. The molecule has 2 aromatic rings. The van der Waals surface area contributed by atoms with E-state index in [0.29, 0.717) is 33.7 Å². The first-order chi connectivity index (χ1) is 11.6. The van der Waals surface area contributed by atoms with E-state index in [9.17, 15) is 5.26 Å². The summed E-state index contributed by atoms with van der Waals surface area (Å²) < 4.78 is 11.0. The Bertz CT molecular complexity index is 777. The van der Waals surface area contributed by atoms with Crippen LogP contribution in [0.4, 0.5) is 0 Å². The van der Waals surface area contributed by atoms with Crippen LogP contribution in [0.5, 0.6) is 11.5 Å². The van der Waals surface area contributed by atoms with Crippen LogP contribution in [0.15, 0.2) is 36.4 Å². The predicted molar refractivity (Wildman–Crippen MR) is 98.7 cm³/mol. The van der Waals surface area contributed by atoms with Crippen molar-refractivity contribution in [1.82, 2.24) is 0 Å². The van der Waals surface area contributed by atoms with Gasteiger partial charge in [-0.05, 0) is 47.9 Å². The number of hydrogen-bond donors (Lipinski definition) is 0. The Balaban J connectivity index is 2.42. The van der Waals surface area contributed by atoms with E-state index in [1.54, 1.807) is 49.6 Å². The smallest absolute Gasteiger partial charge is 0.179 e. The minimum atomic E-state index is 0.447. The number of benzene rings is 2. The lowest BCUT2D eigenvalue weighted by Gasteiger charge is -2.13. The Morgan fingerprint density at radius 1 is 1.21 bits per heavy atom. The highest BCUT2D eigenvalue weighted by Crippen LogP contribution is 2.37. The lowest BCUT2D eigenvalue weighted by Crippen LogP contribution is -1.99. The van der Waals surface area contributed by atoms with E-state index in [-0.39, 0.29) is 0 Å². The van der Waals surface area contributed by atoms with Gasteiger partial charge in [0, 0.05) is 5.02 Å². The van der Waals surface area contributed by atoms with Gasteiger partial charge in [0.05, 0.1) is 30.4 Å². The molecule has 3 nitrogen and oxygen atoms in total. The summed E-state index contributed by atoms with van der Waals surface area (Å²) in [6, 6.07) is 12.8. The lowest BCUT2D eigenvalue weighted by molar-refractivity contribution is 0.294. The minimum Gasteiger partial charge on any atom is -0.493 e. The number of hydrogen-bond acceptors (Lipinski definition) is 3. The maximum Gasteiger partial charge on any atom is 0.179 e.